The summed E-state index contributed by atoms with van der Waals surface area (Å²) in [5.74, 6) is 0. The molecule has 0 saturated carbocycles. The van der Waals surface area contributed by atoms with Gasteiger partial charge in [0.05, 0.1) is 5.69 Å². The zero-order valence-electron chi connectivity index (χ0n) is 47.7. The molecule has 11 rings (SSSR count). The second-order valence-electron chi connectivity index (χ2n) is 28.6. The van der Waals surface area contributed by atoms with E-state index in [1.165, 1.54) is 117 Å². The van der Waals surface area contributed by atoms with E-state index >= 15 is 0 Å². The van der Waals surface area contributed by atoms with Crippen molar-refractivity contribution in [1.29, 1.82) is 0 Å². The molecule has 0 spiro atoms. The summed E-state index contributed by atoms with van der Waals surface area (Å²) in [6.07, 6.45) is 3.46. The Morgan fingerprint density at radius 2 is 0.904 bits per heavy atom. The van der Waals surface area contributed by atoms with Crippen LogP contribution in [-0.4, -0.2) is 6.71 Å². The highest BCUT2D eigenvalue weighted by Gasteiger charge is 2.48. The molecule has 0 bridgehead atoms. The van der Waals surface area contributed by atoms with E-state index in [4.69, 9.17) is 0 Å². The van der Waals surface area contributed by atoms with E-state index in [0.717, 1.165) is 19.3 Å². The summed E-state index contributed by atoms with van der Waals surface area (Å²) in [6, 6.07) is 51.1. The molecule has 2 aliphatic heterocycles. The predicted octanol–water partition coefficient (Wildman–Crippen LogP) is 17.6. The third-order valence-corrected chi connectivity index (χ3v) is 18.1. The van der Waals surface area contributed by atoms with Crippen LogP contribution in [0.25, 0.3) is 22.3 Å². The third kappa shape index (κ3) is 7.96. The van der Waals surface area contributed by atoms with Crippen LogP contribution in [0.15, 0.2) is 127 Å². The Labute approximate surface area is 440 Å². The van der Waals surface area contributed by atoms with E-state index in [0.29, 0.717) is 0 Å². The maximum atomic E-state index is 2.75. The van der Waals surface area contributed by atoms with Gasteiger partial charge < -0.3 is 9.80 Å². The molecule has 2 aliphatic carbocycles. The van der Waals surface area contributed by atoms with Crippen molar-refractivity contribution in [2.24, 2.45) is 0 Å². The van der Waals surface area contributed by atoms with E-state index < -0.39 is 0 Å². The van der Waals surface area contributed by atoms with Crippen molar-refractivity contribution in [3.8, 4) is 22.3 Å². The number of rotatable bonds is 4. The van der Waals surface area contributed by atoms with Crippen LogP contribution in [0.1, 0.15) is 181 Å². The molecule has 0 fully saturated rings. The molecule has 7 aromatic carbocycles. The average molecular weight is 961 g/mol. The van der Waals surface area contributed by atoms with E-state index in [9.17, 15) is 0 Å². The van der Waals surface area contributed by atoms with Crippen molar-refractivity contribution < 1.29 is 0 Å². The molecule has 0 radical (unpaired) electrons. The van der Waals surface area contributed by atoms with Crippen LogP contribution in [0.3, 0.4) is 0 Å². The molecule has 0 saturated heterocycles. The lowest BCUT2D eigenvalue weighted by Gasteiger charge is -2.48. The Balaban J connectivity index is 1.30. The van der Waals surface area contributed by atoms with Gasteiger partial charge in [0.2, 0.25) is 0 Å². The van der Waals surface area contributed by atoms with Crippen LogP contribution in [0.4, 0.5) is 34.1 Å². The molecule has 4 aliphatic rings. The Morgan fingerprint density at radius 3 is 1.53 bits per heavy atom. The summed E-state index contributed by atoms with van der Waals surface area (Å²) in [7, 11) is 0. The fraction of sp³-hybridized carbons (Fsp3) is 0.400. The van der Waals surface area contributed by atoms with Crippen LogP contribution >= 0.6 is 0 Å². The zero-order chi connectivity index (χ0) is 52.3. The lowest BCUT2D eigenvalue weighted by molar-refractivity contribution is 0.332. The molecule has 2 nitrogen and oxygen atoms in total. The van der Waals surface area contributed by atoms with Crippen molar-refractivity contribution in [2.45, 2.75) is 182 Å². The highest BCUT2D eigenvalue weighted by atomic mass is 15.2. The van der Waals surface area contributed by atoms with Crippen molar-refractivity contribution in [3.05, 3.63) is 172 Å². The van der Waals surface area contributed by atoms with Gasteiger partial charge in [-0.1, -0.05) is 203 Å². The van der Waals surface area contributed by atoms with Crippen LogP contribution in [0.2, 0.25) is 0 Å². The van der Waals surface area contributed by atoms with Gasteiger partial charge in [0.25, 0.3) is 6.71 Å². The molecule has 0 N–H and O–H groups in total. The maximum Gasteiger partial charge on any atom is 0.252 e. The third-order valence-electron chi connectivity index (χ3n) is 18.1. The largest absolute Gasteiger partial charge is 0.311 e. The molecule has 73 heavy (non-hydrogen) atoms. The fourth-order valence-electron chi connectivity index (χ4n) is 13.7. The minimum absolute atomic E-state index is 0.00890. The summed E-state index contributed by atoms with van der Waals surface area (Å²) in [5.41, 5.74) is 28.1. The standard InChI is InChI=1S/C70H81BN2/c1-43-24-25-45(44-22-20-19-21-23-44)35-58(43)73-59-37-48(65(5,6)7)27-30-55(59)71-56-40-53-54(68(13,14)33-32-67(53,11)12)41-60(56)72(61-38-49(66(8,9)10)39-62(73)63(61)71)57-31-28-47(64(2,3)4)36-50(57)46-26-29-51-52(34-46)70(17,18)42-69(51,15)16/h19-31,34-41H,32-33,42H2,1-18H3. The number of hydrogen-bond acceptors (Lipinski definition) is 2. The summed E-state index contributed by atoms with van der Waals surface area (Å²) < 4.78 is 0. The Kier molecular flexibility index (Phi) is 10.9. The molecular weight excluding hydrogens is 880 g/mol. The van der Waals surface area contributed by atoms with Crippen molar-refractivity contribution in [1.82, 2.24) is 0 Å². The first-order chi connectivity index (χ1) is 34.0. The van der Waals surface area contributed by atoms with Crippen LogP contribution < -0.4 is 26.2 Å². The van der Waals surface area contributed by atoms with Crippen molar-refractivity contribution >= 4 is 57.2 Å². The molecule has 2 heterocycles. The van der Waals surface area contributed by atoms with Gasteiger partial charge in [0, 0.05) is 34.0 Å². The summed E-state index contributed by atoms with van der Waals surface area (Å²) in [4.78, 5) is 5.43. The van der Waals surface area contributed by atoms with Crippen molar-refractivity contribution in [3.63, 3.8) is 0 Å². The predicted molar refractivity (Wildman–Crippen MR) is 318 cm³/mol. The normalized spacial score (nSPS) is 17.9. The van der Waals surface area contributed by atoms with Gasteiger partial charge in [0.1, 0.15) is 0 Å². The SMILES string of the molecule is Cc1ccc(-c2ccccc2)cc1N1c2cc(C(C)(C)C)ccc2B2c3cc4c(cc3N(c3ccc(C(C)(C)C)cc3-c3ccc5c(c3)C(C)(C)CC5(C)C)c3cc(C(C)(C)C)cc1c32)C(C)(C)CCC4(C)C. The lowest BCUT2D eigenvalue weighted by Crippen LogP contribution is -2.62. The minimum atomic E-state index is -0.147. The molecule has 0 amide bonds. The van der Waals surface area contributed by atoms with E-state index in [2.05, 4.69) is 262 Å². The summed E-state index contributed by atoms with van der Waals surface area (Å²) in [5, 5.41) is 0. The minimum Gasteiger partial charge on any atom is -0.311 e. The number of anilines is 6. The molecule has 7 aromatic rings. The van der Waals surface area contributed by atoms with Gasteiger partial charge in [0.15, 0.2) is 0 Å². The maximum absolute atomic E-state index is 2.75. The van der Waals surface area contributed by atoms with E-state index in [1.54, 1.807) is 0 Å². The average Bonchev–Trinajstić information content (AvgIpc) is 3.50. The zero-order valence-corrected chi connectivity index (χ0v) is 47.7. The summed E-state index contributed by atoms with van der Waals surface area (Å²) in [6.45, 7) is 43.5. The Morgan fingerprint density at radius 1 is 0.384 bits per heavy atom. The molecular formula is C70H81BN2. The number of hydrogen-bond donors (Lipinski definition) is 0. The van der Waals surface area contributed by atoms with E-state index in [1.807, 2.05) is 0 Å². The van der Waals surface area contributed by atoms with Gasteiger partial charge >= 0.3 is 0 Å². The second kappa shape index (κ2) is 16.1. The number of aryl methyl sites for hydroxylation is 1. The quantitative estimate of drug-likeness (QED) is 0.162. The second-order valence-corrected chi connectivity index (χ2v) is 28.6. The molecule has 0 aromatic heterocycles. The first-order valence-corrected chi connectivity index (χ1v) is 27.5. The van der Waals surface area contributed by atoms with Gasteiger partial charge in [-0.2, -0.15) is 0 Å². The first-order valence-electron chi connectivity index (χ1n) is 27.5. The molecule has 3 heteroatoms. The lowest BCUT2D eigenvalue weighted by atomic mass is 9.33. The highest BCUT2D eigenvalue weighted by Crippen LogP contribution is 2.55. The van der Waals surface area contributed by atoms with Crippen LogP contribution in [0, 0.1) is 6.92 Å². The van der Waals surface area contributed by atoms with Crippen LogP contribution in [0.5, 0.6) is 0 Å². The fourth-order valence-corrected chi connectivity index (χ4v) is 13.7. The highest BCUT2D eigenvalue weighted by molar-refractivity contribution is 7.00. The molecule has 374 valence electrons. The van der Waals surface area contributed by atoms with Crippen LogP contribution in [-0.2, 0) is 37.9 Å². The topological polar surface area (TPSA) is 6.48 Å². The van der Waals surface area contributed by atoms with Gasteiger partial charge in [-0.05, 0) is 184 Å². The van der Waals surface area contributed by atoms with E-state index in [-0.39, 0.29) is 44.6 Å². The Bertz CT molecular complexity index is 3390. The van der Waals surface area contributed by atoms with Gasteiger partial charge in [-0.15, -0.1) is 0 Å². The smallest absolute Gasteiger partial charge is 0.252 e. The van der Waals surface area contributed by atoms with Gasteiger partial charge in [-0.25, -0.2) is 0 Å². The molecule has 0 atom stereocenters. The first kappa shape index (κ1) is 49.4. The monoisotopic (exact) mass is 961 g/mol. The summed E-state index contributed by atoms with van der Waals surface area (Å²) >= 11 is 0. The number of benzene rings is 7. The number of fused-ring (bicyclic) bond motifs is 6. The number of nitrogens with zero attached hydrogens (tertiary/aromatic N) is 2. The van der Waals surface area contributed by atoms with Crippen molar-refractivity contribution in [2.75, 3.05) is 9.80 Å². The van der Waals surface area contributed by atoms with Gasteiger partial charge in [-0.3, -0.25) is 0 Å². The molecule has 0 unspecified atom stereocenters. The Hall–Kier alpha value is -5.80.